The highest BCUT2D eigenvalue weighted by Gasteiger charge is 2.17. The molecule has 0 saturated carbocycles. The zero-order valence-corrected chi connectivity index (χ0v) is 12.8. The molecule has 0 amide bonds. The van der Waals surface area contributed by atoms with Crippen LogP contribution in [0.3, 0.4) is 0 Å². The largest absolute Gasteiger partial charge is 0.308 e. The molecule has 3 rings (SSSR count). The Labute approximate surface area is 127 Å². The predicted octanol–water partition coefficient (Wildman–Crippen LogP) is 4.31. The summed E-state index contributed by atoms with van der Waals surface area (Å²) >= 11 is 3.65. The van der Waals surface area contributed by atoms with Gasteiger partial charge in [-0.2, -0.15) is 0 Å². The monoisotopic (exact) mass is 326 g/mol. The smallest absolute Gasteiger partial charge is 0.0767 e. The van der Waals surface area contributed by atoms with Crippen molar-refractivity contribution in [3.8, 4) is 0 Å². The van der Waals surface area contributed by atoms with Crippen LogP contribution < -0.4 is 5.32 Å². The van der Waals surface area contributed by atoms with Gasteiger partial charge in [-0.25, -0.2) is 4.98 Å². The van der Waals surface area contributed by atoms with Gasteiger partial charge in [0.2, 0.25) is 0 Å². The Kier molecular flexibility index (Phi) is 3.81. The Morgan fingerprint density at radius 1 is 1.00 bits per heavy atom. The average molecular weight is 327 g/mol. The van der Waals surface area contributed by atoms with E-state index in [0.717, 1.165) is 21.1 Å². The van der Waals surface area contributed by atoms with E-state index < -0.39 is 0 Å². The van der Waals surface area contributed by atoms with Gasteiger partial charge in [0.1, 0.15) is 0 Å². The number of rotatable bonds is 3. The van der Waals surface area contributed by atoms with Crippen LogP contribution in [0.25, 0.3) is 10.9 Å². The van der Waals surface area contributed by atoms with E-state index in [2.05, 4.69) is 57.6 Å². The van der Waals surface area contributed by atoms with E-state index in [1.807, 2.05) is 31.3 Å². The molecule has 100 valence electrons. The van der Waals surface area contributed by atoms with E-state index in [0.29, 0.717) is 0 Å². The van der Waals surface area contributed by atoms with Gasteiger partial charge in [-0.3, -0.25) is 0 Å². The normalized spacial score (nSPS) is 12.5. The molecule has 3 heteroatoms. The first-order valence-corrected chi connectivity index (χ1v) is 7.36. The molecule has 1 N–H and O–H groups in total. The summed E-state index contributed by atoms with van der Waals surface area (Å²) in [6, 6.07) is 20.7. The van der Waals surface area contributed by atoms with Crippen molar-refractivity contribution in [1.29, 1.82) is 0 Å². The third kappa shape index (κ3) is 2.47. The van der Waals surface area contributed by atoms with Crippen LogP contribution in [0.1, 0.15) is 17.3 Å². The molecule has 0 aliphatic carbocycles. The molecule has 1 unspecified atom stereocenters. The molecule has 1 aromatic heterocycles. The van der Waals surface area contributed by atoms with Crippen molar-refractivity contribution in [3.05, 3.63) is 76.4 Å². The molecule has 1 atom stereocenters. The minimum atomic E-state index is 0.0789. The fraction of sp³-hybridized carbons (Fsp3) is 0.118. The molecule has 3 aromatic rings. The van der Waals surface area contributed by atoms with Crippen LogP contribution in [0.4, 0.5) is 0 Å². The van der Waals surface area contributed by atoms with Crippen molar-refractivity contribution in [2.45, 2.75) is 6.04 Å². The summed E-state index contributed by atoms with van der Waals surface area (Å²) in [4.78, 5) is 4.81. The van der Waals surface area contributed by atoms with E-state index in [1.54, 1.807) is 0 Å². The van der Waals surface area contributed by atoms with Gasteiger partial charge in [0.15, 0.2) is 0 Å². The molecule has 0 bridgehead atoms. The van der Waals surface area contributed by atoms with Gasteiger partial charge in [-0.15, -0.1) is 0 Å². The predicted molar refractivity (Wildman–Crippen MR) is 86.8 cm³/mol. The SMILES string of the molecule is CNC(c1ccccc1)c1nc2ccccc2cc1Br. The number of hydrogen-bond acceptors (Lipinski definition) is 2. The van der Waals surface area contributed by atoms with Crippen molar-refractivity contribution in [1.82, 2.24) is 10.3 Å². The third-order valence-corrected chi connectivity index (χ3v) is 4.03. The minimum absolute atomic E-state index is 0.0789. The number of hydrogen-bond donors (Lipinski definition) is 1. The first-order valence-electron chi connectivity index (χ1n) is 6.57. The lowest BCUT2D eigenvalue weighted by Crippen LogP contribution is -2.19. The lowest BCUT2D eigenvalue weighted by atomic mass is 10.0. The van der Waals surface area contributed by atoms with Gasteiger partial charge >= 0.3 is 0 Å². The lowest BCUT2D eigenvalue weighted by molar-refractivity contribution is 0.670. The second-order valence-corrected chi connectivity index (χ2v) is 5.53. The molecule has 0 spiro atoms. The maximum atomic E-state index is 4.81. The van der Waals surface area contributed by atoms with E-state index in [-0.39, 0.29) is 6.04 Å². The molecule has 0 radical (unpaired) electrons. The Balaban J connectivity index is 2.14. The van der Waals surface area contributed by atoms with Gasteiger partial charge in [-0.05, 0) is 40.7 Å². The summed E-state index contributed by atoms with van der Waals surface area (Å²) in [5.41, 5.74) is 3.23. The number of benzene rings is 2. The van der Waals surface area contributed by atoms with Crippen LogP contribution >= 0.6 is 15.9 Å². The van der Waals surface area contributed by atoms with E-state index in [9.17, 15) is 0 Å². The minimum Gasteiger partial charge on any atom is -0.308 e. The number of nitrogens with zero attached hydrogens (tertiary/aromatic N) is 1. The second-order valence-electron chi connectivity index (χ2n) is 4.68. The Hall–Kier alpha value is -1.71. The van der Waals surface area contributed by atoms with Crippen molar-refractivity contribution < 1.29 is 0 Å². The molecule has 2 aromatic carbocycles. The van der Waals surface area contributed by atoms with Crippen LogP contribution in [0.5, 0.6) is 0 Å². The highest BCUT2D eigenvalue weighted by atomic mass is 79.9. The average Bonchev–Trinajstić information content (AvgIpc) is 2.49. The zero-order chi connectivity index (χ0) is 13.9. The van der Waals surface area contributed by atoms with Crippen LogP contribution in [0.2, 0.25) is 0 Å². The van der Waals surface area contributed by atoms with Crippen molar-refractivity contribution in [2.24, 2.45) is 0 Å². The quantitative estimate of drug-likeness (QED) is 0.775. The number of halogens is 1. The van der Waals surface area contributed by atoms with Gasteiger partial charge in [0, 0.05) is 9.86 Å². The molecule has 0 aliphatic rings. The maximum absolute atomic E-state index is 4.81. The Morgan fingerprint density at radius 3 is 2.45 bits per heavy atom. The van der Waals surface area contributed by atoms with Crippen LogP contribution in [-0.2, 0) is 0 Å². The van der Waals surface area contributed by atoms with E-state index in [1.165, 1.54) is 5.56 Å². The molecular formula is C17H15BrN2. The molecule has 2 nitrogen and oxygen atoms in total. The summed E-state index contributed by atoms with van der Waals surface area (Å²) < 4.78 is 1.03. The van der Waals surface area contributed by atoms with E-state index >= 15 is 0 Å². The first-order chi connectivity index (χ1) is 9.79. The van der Waals surface area contributed by atoms with E-state index in [4.69, 9.17) is 4.98 Å². The highest BCUT2D eigenvalue weighted by Crippen LogP contribution is 2.29. The van der Waals surface area contributed by atoms with Crippen molar-refractivity contribution in [3.63, 3.8) is 0 Å². The molecule has 20 heavy (non-hydrogen) atoms. The van der Waals surface area contributed by atoms with Crippen molar-refractivity contribution in [2.75, 3.05) is 7.05 Å². The van der Waals surface area contributed by atoms with Gasteiger partial charge in [-0.1, -0.05) is 48.5 Å². The number of pyridine rings is 1. The van der Waals surface area contributed by atoms with Gasteiger partial charge < -0.3 is 5.32 Å². The zero-order valence-electron chi connectivity index (χ0n) is 11.2. The van der Waals surface area contributed by atoms with Crippen LogP contribution in [0.15, 0.2) is 65.1 Å². The molecular weight excluding hydrogens is 312 g/mol. The van der Waals surface area contributed by atoms with Gasteiger partial charge in [0.25, 0.3) is 0 Å². The maximum Gasteiger partial charge on any atom is 0.0767 e. The molecule has 1 heterocycles. The Bertz CT molecular complexity index is 725. The molecule has 0 aliphatic heterocycles. The number of para-hydroxylation sites is 1. The summed E-state index contributed by atoms with van der Waals surface area (Å²) in [7, 11) is 1.96. The molecule has 0 saturated heterocycles. The molecule has 0 fully saturated rings. The summed E-state index contributed by atoms with van der Waals surface area (Å²) in [5, 5.41) is 4.49. The lowest BCUT2D eigenvalue weighted by Gasteiger charge is -2.18. The fourth-order valence-corrected chi connectivity index (χ4v) is 2.98. The fourth-order valence-electron chi connectivity index (χ4n) is 2.41. The summed E-state index contributed by atoms with van der Waals surface area (Å²) in [6.45, 7) is 0. The number of fused-ring (bicyclic) bond motifs is 1. The number of nitrogens with one attached hydrogen (secondary N) is 1. The first kappa shape index (κ1) is 13.3. The van der Waals surface area contributed by atoms with Crippen LogP contribution in [0, 0.1) is 0 Å². The Morgan fingerprint density at radius 2 is 1.70 bits per heavy atom. The third-order valence-electron chi connectivity index (χ3n) is 3.40. The topological polar surface area (TPSA) is 24.9 Å². The van der Waals surface area contributed by atoms with Crippen LogP contribution in [-0.4, -0.2) is 12.0 Å². The van der Waals surface area contributed by atoms with Gasteiger partial charge in [0.05, 0.1) is 17.3 Å². The number of aromatic nitrogens is 1. The summed E-state index contributed by atoms with van der Waals surface area (Å²) in [5.74, 6) is 0. The second kappa shape index (κ2) is 5.73. The standard InChI is InChI=1S/C17H15BrN2/c1-19-16(12-7-3-2-4-8-12)17-14(18)11-13-9-5-6-10-15(13)20-17/h2-11,16,19H,1H3. The summed E-state index contributed by atoms with van der Waals surface area (Å²) in [6.07, 6.45) is 0. The van der Waals surface area contributed by atoms with Crippen molar-refractivity contribution >= 4 is 26.8 Å². The highest BCUT2D eigenvalue weighted by molar-refractivity contribution is 9.10.